The average molecular weight is 545 g/mol. The van der Waals surface area contributed by atoms with E-state index in [0.29, 0.717) is 11.2 Å². The van der Waals surface area contributed by atoms with E-state index in [1.54, 1.807) is 6.07 Å². The number of benzene rings is 2. The predicted octanol–water partition coefficient (Wildman–Crippen LogP) is 3.12. The third kappa shape index (κ3) is 4.61. The number of amides is 4. The summed E-state index contributed by atoms with van der Waals surface area (Å²) in [5.41, 5.74) is 1.09. The van der Waals surface area contributed by atoms with Gasteiger partial charge in [0.2, 0.25) is 11.8 Å². The molecule has 4 amide bonds. The molecule has 5 rings (SSSR count). The number of nitriles is 1. The van der Waals surface area contributed by atoms with Crippen molar-refractivity contribution in [2.24, 2.45) is 5.92 Å². The maximum absolute atomic E-state index is 14.0. The molecular weight excluding hydrogens is 516 g/mol. The Bertz CT molecular complexity index is 1490. The highest BCUT2D eigenvalue weighted by Gasteiger charge is 2.56. The molecule has 2 aliphatic rings. The molecule has 1 spiro atoms. The number of anilines is 2. The standard InChI is InChI=1S/C28H28N6O4S/c1-16(2)12-21(33(3)25(37)23(35)32-27-31-20-10-6-7-11-22(20)39-27)24(36)34-15-28(13-17(34)14-29)18-8-4-5-9-19(18)30-26(28)38/h4-11,16-17,21H,12-13,15H2,1-3H3,(H,30,38)(H,31,32,35)/t17-,21-,28-/m0/s1. The molecule has 0 saturated carbocycles. The van der Waals surface area contributed by atoms with E-state index in [1.165, 1.54) is 23.3 Å². The maximum atomic E-state index is 14.0. The predicted molar refractivity (Wildman–Crippen MR) is 147 cm³/mol. The van der Waals surface area contributed by atoms with E-state index in [9.17, 15) is 24.4 Å². The van der Waals surface area contributed by atoms with Crippen molar-refractivity contribution < 1.29 is 19.2 Å². The van der Waals surface area contributed by atoms with Crippen LogP contribution in [0.2, 0.25) is 0 Å². The van der Waals surface area contributed by atoms with Gasteiger partial charge in [0.15, 0.2) is 5.13 Å². The Hall–Kier alpha value is -4.30. The van der Waals surface area contributed by atoms with E-state index < -0.39 is 35.2 Å². The molecule has 3 atom stereocenters. The minimum atomic E-state index is -1.04. The van der Waals surface area contributed by atoms with Crippen LogP contribution in [-0.2, 0) is 24.6 Å². The van der Waals surface area contributed by atoms with Gasteiger partial charge in [-0.05, 0) is 36.1 Å². The van der Waals surface area contributed by atoms with E-state index in [-0.39, 0.29) is 36.3 Å². The molecule has 0 unspecified atom stereocenters. The van der Waals surface area contributed by atoms with Gasteiger partial charge in [0.05, 0.1) is 21.7 Å². The number of thiazole rings is 1. The maximum Gasteiger partial charge on any atom is 0.315 e. The molecule has 0 radical (unpaired) electrons. The van der Waals surface area contributed by atoms with Gasteiger partial charge in [0, 0.05) is 25.7 Å². The van der Waals surface area contributed by atoms with Gasteiger partial charge >= 0.3 is 11.8 Å². The first-order valence-corrected chi connectivity index (χ1v) is 13.5. The number of para-hydroxylation sites is 2. The van der Waals surface area contributed by atoms with Crippen LogP contribution in [0.4, 0.5) is 10.8 Å². The largest absolute Gasteiger partial charge is 0.325 e. The third-order valence-electron chi connectivity index (χ3n) is 7.39. The number of carbonyl (C=O) groups is 4. The van der Waals surface area contributed by atoms with Crippen molar-refractivity contribution in [2.75, 3.05) is 24.2 Å². The highest BCUT2D eigenvalue weighted by molar-refractivity contribution is 7.22. The van der Waals surface area contributed by atoms with Crippen LogP contribution in [0.3, 0.4) is 0 Å². The lowest BCUT2D eigenvalue weighted by Gasteiger charge is -2.33. The van der Waals surface area contributed by atoms with Crippen molar-refractivity contribution >= 4 is 56.0 Å². The van der Waals surface area contributed by atoms with Crippen LogP contribution in [0, 0.1) is 17.2 Å². The van der Waals surface area contributed by atoms with Crippen molar-refractivity contribution in [1.29, 1.82) is 5.26 Å². The fraction of sp³-hybridized carbons (Fsp3) is 0.357. The van der Waals surface area contributed by atoms with E-state index in [2.05, 4.69) is 21.7 Å². The second-order valence-electron chi connectivity index (χ2n) is 10.4. The summed E-state index contributed by atoms with van der Waals surface area (Å²) in [5, 5.41) is 15.7. The minimum absolute atomic E-state index is 0.00845. The number of nitrogens with one attached hydrogen (secondary N) is 2. The smallest absolute Gasteiger partial charge is 0.315 e. The molecule has 1 fully saturated rings. The number of hydrogen-bond acceptors (Lipinski definition) is 7. The summed E-state index contributed by atoms with van der Waals surface area (Å²) in [6.07, 6.45) is 0.433. The molecule has 2 N–H and O–H groups in total. The Morgan fingerprint density at radius 3 is 2.67 bits per heavy atom. The molecule has 2 aliphatic heterocycles. The summed E-state index contributed by atoms with van der Waals surface area (Å²) in [7, 11) is 1.41. The summed E-state index contributed by atoms with van der Waals surface area (Å²) >= 11 is 1.25. The second kappa shape index (κ2) is 10.1. The number of hydrogen-bond donors (Lipinski definition) is 2. The van der Waals surface area contributed by atoms with Crippen LogP contribution in [0.1, 0.15) is 32.3 Å². The monoisotopic (exact) mass is 544 g/mol. The minimum Gasteiger partial charge on any atom is -0.325 e. The van der Waals surface area contributed by atoms with Gasteiger partial charge in [0.25, 0.3) is 0 Å². The van der Waals surface area contributed by atoms with Crippen LogP contribution < -0.4 is 10.6 Å². The first-order chi connectivity index (χ1) is 18.6. The quantitative estimate of drug-likeness (QED) is 0.474. The first kappa shape index (κ1) is 26.3. The molecule has 1 saturated heterocycles. The molecular formula is C28H28N6O4S. The summed E-state index contributed by atoms with van der Waals surface area (Å²) in [5.74, 6) is -2.50. The lowest BCUT2D eigenvalue weighted by atomic mass is 9.80. The first-order valence-electron chi connectivity index (χ1n) is 12.7. The van der Waals surface area contributed by atoms with Crippen molar-refractivity contribution in [1.82, 2.24) is 14.8 Å². The van der Waals surface area contributed by atoms with Crippen LogP contribution in [-0.4, -0.2) is 64.1 Å². The zero-order valence-electron chi connectivity index (χ0n) is 21.8. The number of rotatable bonds is 5. The van der Waals surface area contributed by atoms with Crippen LogP contribution in [0.5, 0.6) is 0 Å². The Balaban J connectivity index is 1.38. The van der Waals surface area contributed by atoms with E-state index in [0.717, 1.165) is 15.2 Å². The van der Waals surface area contributed by atoms with Gasteiger partial charge in [-0.25, -0.2) is 4.98 Å². The van der Waals surface area contributed by atoms with Gasteiger partial charge in [-0.3, -0.25) is 24.5 Å². The molecule has 1 aromatic heterocycles. The van der Waals surface area contributed by atoms with Crippen LogP contribution in [0.25, 0.3) is 10.2 Å². The van der Waals surface area contributed by atoms with Gasteiger partial charge in [-0.2, -0.15) is 5.26 Å². The van der Waals surface area contributed by atoms with Gasteiger partial charge < -0.3 is 15.1 Å². The number of nitrogens with zero attached hydrogens (tertiary/aromatic N) is 4. The molecule has 200 valence electrons. The second-order valence-corrected chi connectivity index (χ2v) is 11.4. The number of fused-ring (bicyclic) bond motifs is 3. The number of carbonyl (C=O) groups excluding carboxylic acids is 4. The van der Waals surface area contributed by atoms with E-state index >= 15 is 0 Å². The topological polar surface area (TPSA) is 136 Å². The molecule has 39 heavy (non-hydrogen) atoms. The number of likely N-dealkylation sites (N-methyl/N-ethyl adjacent to an activating group) is 1. The van der Waals surface area contributed by atoms with Crippen molar-refractivity contribution in [2.45, 2.75) is 44.2 Å². The third-order valence-corrected chi connectivity index (χ3v) is 8.34. The van der Waals surface area contributed by atoms with Crippen LogP contribution >= 0.6 is 11.3 Å². The Labute approximate surface area is 229 Å². The summed E-state index contributed by atoms with van der Waals surface area (Å²) in [4.78, 5) is 60.1. The lowest BCUT2D eigenvalue weighted by molar-refractivity contribution is -0.149. The summed E-state index contributed by atoms with van der Waals surface area (Å²) in [6, 6.07) is 15.0. The Kier molecular flexibility index (Phi) is 6.82. The molecule has 0 bridgehead atoms. The van der Waals surface area contributed by atoms with Crippen molar-refractivity contribution in [3.8, 4) is 6.07 Å². The molecule has 11 heteroatoms. The Morgan fingerprint density at radius 1 is 1.23 bits per heavy atom. The molecule has 2 aromatic carbocycles. The number of aromatic nitrogens is 1. The van der Waals surface area contributed by atoms with Gasteiger partial charge in [-0.15, -0.1) is 0 Å². The summed E-state index contributed by atoms with van der Waals surface area (Å²) < 4.78 is 0.865. The number of likely N-dealkylation sites (tertiary alicyclic amines) is 1. The fourth-order valence-electron chi connectivity index (χ4n) is 5.43. The molecule has 3 heterocycles. The molecule has 0 aliphatic carbocycles. The summed E-state index contributed by atoms with van der Waals surface area (Å²) in [6.45, 7) is 3.84. The van der Waals surface area contributed by atoms with Crippen LogP contribution in [0.15, 0.2) is 48.5 Å². The fourth-order valence-corrected chi connectivity index (χ4v) is 6.29. The lowest BCUT2D eigenvalue weighted by Crippen LogP contribution is -2.53. The zero-order valence-corrected chi connectivity index (χ0v) is 22.6. The molecule has 10 nitrogen and oxygen atoms in total. The zero-order chi connectivity index (χ0) is 27.9. The normalized spacial score (nSPS) is 20.5. The van der Waals surface area contributed by atoms with E-state index in [4.69, 9.17) is 0 Å². The Morgan fingerprint density at radius 2 is 1.95 bits per heavy atom. The SMILES string of the molecule is CC(C)C[C@@H](C(=O)N1C[C@]2(C[C@H]1C#N)C(=O)Nc1ccccc12)N(C)C(=O)C(=O)Nc1nc2ccccc2s1. The highest BCUT2D eigenvalue weighted by Crippen LogP contribution is 2.46. The van der Waals surface area contributed by atoms with Gasteiger partial charge in [-0.1, -0.05) is 55.5 Å². The van der Waals surface area contributed by atoms with Crippen molar-refractivity contribution in [3.05, 3.63) is 54.1 Å². The van der Waals surface area contributed by atoms with Gasteiger partial charge in [0.1, 0.15) is 12.1 Å². The molecule has 3 aromatic rings. The highest BCUT2D eigenvalue weighted by atomic mass is 32.1. The average Bonchev–Trinajstić information content (AvgIpc) is 3.59. The van der Waals surface area contributed by atoms with E-state index in [1.807, 2.05) is 56.3 Å². The van der Waals surface area contributed by atoms with Crippen molar-refractivity contribution in [3.63, 3.8) is 0 Å².